The van der Waals surface area contributed by atoms with Crippen LogP contribution < -0.4 is 10.9 Å². The van der Waals surface area contributed by atoms with Crippen LogP contribution in [0, 0.1) is 26.7 Å². The molecule has 2 N–H and O–H groups in total. The molecule has 1 fully saturated rings. The van der Waals surface area contributed by atoms with Crippen LogP contribution in [0.15, 0.2) is 34.7 Å². The minimum atomic E-state index is -0.425. The molecule has 0 bridgehead atoms. The van der Waals surface area contributed by atoms with Crippen molar-refractivity contribution >= 4 is 17.7 Å². The van der Waals surface area contributed by atoms with Crippen molar-refractivity contribution in [3.05, 3.63) is 58.5 Å². The normalized spacial score (nSPS) is 16.5. The maximum absolute atomic E-state index is 12.7. The lowest BCUT2D eigenvalue weighted by Gasteiger charge is -2.32. The lowest BCUT2D eigenvalue weighted by Crippen LogP contribution is -2.50. The number of benzene rings is 1. The molecule has 3 rings (SSSR count). The number of hydrogen-bond donors (Lipinski definition) is 2. The second-order valence-electron chi connectivity index (χ2n) is 7.23. The van der Waals surface area contributed by atoms with Gasteiger partial charge in [-0.15, -0.1) is 0 Å². The van der Waals surface area contributed by atoms with Crippen LogP contribution in [-0.4, -0.2) is 35.7 Å². The van der Waals surface area contributed by atoms with E-state index in [2.05, 4.69) is 10.9 Å². The Morgan fingerprint density at radius 2 is 1.79 bits per heavy atom. The average Bonchev–Trinajstić information content (AvgIpc) is 3.04. The summed E-state index contributed by atoms with van der Waals surface area (Å²) in [5.41, 5.74) is 7.00. The highest BCUT2D eigenvalue weighted by atomic mass is 16.3. The standard InChI is InChI=1S/C21H25N3O4/c1-13-6-8-16(9-7-13)21(27)24-10-4-5-17(12-24)19(25)22-23-20(26)18-11-14(2)28-15(18)3/h6-9,11,17H,4-5,10,12H2,1-3H3,(H,22,25)(H,23,26). The average molecular weight is 383 g/mol. The van der Waals surface area contributed by atoms with Crippen molar-refractivity contribution in [2.24, 2.45) is 5.92 Å². The Kier molecular flexibility index (Phi) is 5.82. The van der Waals surface area contributed by atoms with Crippen LogP contribution in [0.2, 0.25) is 0 Å². The van der Waals surface area contributed by atoms with E-state index in [-0.39, 0.29) is 17.7 Å². The minimum Gasteiger partial charge on any atom is -0.466 e. The third-order valence-corrected chi connectivity index (χ3v) is 4.96. The van der Waals surface area contributed by atoms with Gasteiger partial charge in [-0.1, -0.05) is 17.7 Å². The first-order chi connectivity index (χ1) is 13.3. The van der Waals surface area contributed by atoms with Crippen LogP contribution in [0.4, 0.5) is 0 Å². The van der Waals surface area contributed by atoms with Gasteiger partial charge in [-0.05, 0) is 51.8 Å². The molecule has 0 saturated carbocycles. The number of carbonyl (C=O) groups excluding carboxylic acids is 3. The van der Waals surface area contributed by atoms with Gasteiger partial charge in [0.25, 0.3) is 11.8 Å². The van der Waals surface area contributed by atoms with E-state index in [1.807, 2.05) is 19.1 Å². The van der Waals surface area contributed by atoms with E-state index in [9.17, 15) is 14.4 Å². The number of piperidine rings is 1. The first-order valence-electron chi connectivity index (χ1n) is 9.38. The Balaban J connectivity index is 1.56. The predicted octanol–water partition coefficient (Wildman–Crippen LogP) is 2.52. The van der Waals surface area contributed by atoms with Crippen molar-refractivity contribution in [1.82, 2.24) is 15.8 Å². The molecule has 1 unspecified atom stereocenters. The molecule has 28 heavy (non-hydrogen) atoms. The lowest BCUT2D eigenvalue weighted by molar-refractivity contribution is -0.127. The minimum absolute atomic E-state index is 0.0777. The summed E-state index contributed by atoms with van der Waals surface area (Å²) in [4.78, 5) is 39.1. The van der Waals surface area contributed by atoms with E-state index >= 15 is 0 Å². The third-order valence-electron chi connectivity index (χ3n) is 4.96. The largest absolute Gasteiger partial charge is 0.466 e. The number of likely N-dealkylation sites (tertiary alicyclic amines) is 1. The summed E-state index contributed by atoms with van der Waals surface area (Å²) in [7, 11) is 0. The Labute approximate surface area is 164 Å². The SMILES string of the molecule is Cc1ccc(C(=O)N2CCCC(C(=O)NNC(=O)c3cc(C)oc3C)C2)cc1. The van der Waals surface area contributed by atoms with E-state index in [1.165, 1.54) is 0 Å². The summed E-state index contributed by atoms with van der Waals surface area (Å²) in [6.07, 6.45) is 1.41. The van der Waals surface area contributed by atoms with Gasteiger partial charge in [0, 0.05) is 18.7 Å². The molecule has 1 aliphatic rings. The molecular weight excluding hydrogens is 358 g/mol. The first-order valence-corrected chi connectivity index (χ1v) is 9.38. The summed E-state index contributed by atoms with van der Waals surface area (Å²) in [6, 6.07) is 9.03. The van der Waals surface area contributed by atoms with Crippen LogP contribution in [0.1, 0.15) is 50.6 Å². The van der Waals surface area contributed by atoms with Gasteiger partial charge in [-0.25, -0.2) is 0 Å². The molecule has 2 aromatic rings. The van der Waals surface area contributed by atoms with Crippen LogP contribution in [0.5, 0.6) is 0 Å². The molecule has 3 amide bonds. The van der Waals surface area contributed by atoms with Crippen molar-refractivity contribution in [3.8, 4) is 0 Å². The molecular formula is C21H25N3O4. The molecule has 0 spiro atoms. The van der Waals surface area contributed by atoms with E-state index < -0.39 is 5.91 Å². The molecule has 1 saturated heterocycles. The number of nitrogens with one attached hydrogen (secondary N) is 2. The number of rotatable bonds is 3. The fraction of sp³-hybridized carbons (Fsp3) is 0.381. The van der Waals surface area contributed by atoms with Gasteiger partial charge in [-0.3, -0.25) is 25.2 Å². The Bertz CT molecular complexity index is 886. The third kappa shape index (κ3) is 4.42. The fourth-order valence-corrected chi connectivity index (χ4v) is 3.40. The molecule has 1 aromatic heterocycles. The molecule has 0 aliphatic carbocycles. The van der Waals surface area contributed by atoms with Gasteiger partial charge in [0.1, 0.15) is 11.5 Å². The topological polar surface area (TPSA) is 91.7 Å². The summed E-state index contributed by atoms with van der Waals surface area (Å²) in [5.74, 6) is -0.0383. The van der Waals surface area contributed by atoms with Crippen molar-refractivity contribution in [2.45, 2.75) is 33.6 Å². The summed E-state index contributed by atoms with van der Waals surface area (Å²) in [6.45, 7) is 6.37. The van der Waals surface area contributed by atoms with Crippen molar-refractivity contribution in [1.29, 1.82) is 0 Å². The van der Waals surface area contributed by atoms with E-state index in [4.69, 9.17) is 4.42 Å². The van der Waals surface area contributed by atoms with Crippen LogP contribution >= 0.6 is 0 Å². The number of furan rings is 1. The van der Waals surface area contributed by atoms with Crippen molar-refractivity contribution in [3.63, 3.8) is 0 Å². The summed E-state index contributed by atoms with van der Waals surface area (Å²) in [5, 5.41) is 0. The fourth-order valence-electron chi connectivity index (χ4n) is 3.40. The van der Waals surface area contributed by atoms with Gasteiger partial charge in [-0.2, -0.15) is 0 Å². The number of aryl methyl sites for hydroxylation is 3. The van der Waals surface area contributed by atoms with E-state index in [0.717, 1.165) is 12.0 Å². The Morgan fingerprint density at radius 3 is 2.43 bits per heavy atom. The monoisotopic (exact) mass is 383 g/mol. The molecule has 1 aliphatic heterocycles. The number of hydrazine groups is 1. The van der Waals surface area contributed by atoms with Crippen LogP contribution in [0.3, 0.4) is 0 Å². The number of nitrogens with zero attached hydrogens (tertiary/aromatic N) is 1. The maximum Gasteiger partial charge on any atom is 0.273 e. The van der Waals surface area contributed by atoms with Crippen molar-refractivity contribution < 1.29 is 18.8 Å². The zero-order valence-corrected chi connectivity index (χ0v) is 16.4. The highest BCUT2D eigenvalue weighted by molar-refractivity contribution is 5.97. The summed E-state index contributed by atoms with van der Waals surface area (Å²) >= 11 is 0. The molecule has 1 aromatic carbocycles. The molecule has 148 valence electrons. The predicted molar refractivity (Wildman–Crippen MR) is 104 cm³/mol. The smallest absolute Gasteiger partial charge is 0.273 e. The van der Waals surface area contributed by atoms with Gasteiger partial charge in [0.2, 0.25) is 5.91 Å². The molecule has 7 heteroatoms. The number of amides is 3. The first kappa shape index (κ1) is 19.7. The summed E-state index contributed by atoms with van der Waals surface area (Å²) < 4.78 is 5.33. The second-order valence-corrected chi connectivity index (χ2v) is 7.23. The highest BCUT2D eigenvalue weighted by Gasteiger charge is 2.29. The quantitative estimate of drug-likeness (QED) is 0.797. The molecule has 7 nitrogen and oxygen atoms in total. The maximum atomic E-state index is 12.7. The van der Waals surface area contributed by atoms with Crippen LogP contribution in [0.25, 0.3) is 0 Å². The van der Waals surface area contributed by atoms with Gasteiger partial charge < -0.3 is 9.32 Å². The van der Waals surface area contributed by atoms with Crippen molar-refractivity contribution in [2.75, 3.05) is 13.1 Å². The lowest BCUT2D eigenvalue weighted by atomic mass is 9.96. The van der Waals surface area contributed by atoms with Crippen LogP contribution in [-0.2, 0) is 4.79 Å². The van der Waals surface area contributed by atoms with Gasteiger partial charge in [0.05, 0.1) is 11.5 Å². The zero-order chi connectivity index (χ0) is 20.3. The molecule has 0 radical (unpaired) electrons. The number of hydrogen-bond acceptors (Lipinski definition) is 4. The second kappa shape index (κ2) is 8.29. The molecule has 1 atom stereocenters. The zero-order valence-electron chi connectivity index (χ0n) is 16.4. The molecule has 2 heterocycles. The van der Waals surface area contributed by atoms with Gasteiger partial charge in [0.15, 0.2) is 0 Å². The van der Waals surface area contributed by atoms with E-state index in [1.54, 1.807) is 36.9 Å². The van der Waals surface area contributed by atoms with Gasteiger partial charge >= 0.3 is 0 Å². The highest BCUT2D eigenvalue weighted by Crippen LogP contribution is 2.19. The van der Waals surface area contributed by atoms with E-state index in [0.29, 0.717) is 42.2 Å². The Morgan fingerprint density at radius 1 is 1.07 bits per heavy atom. The number of carbonyl (C=O) groups is 3. The Hall–Kier alpha value is -3.09.